The molecule has 0 bridgehead atoms. The van der Waals surface area contributed by atoms with Gasteiger partial charge in [-0.3, -0.25) is 4.79 Å². The van der Waals surface area contributed by atoms with Crippen molar-refractivity contribution < 1.29 is 13.2 Å². The minimum Gasteiger partial charge on any atom is -0.350 e. The van der Waals surface area contributed by atoms with Gasteiger partial charge in [0.15, 0.2) is 0 Å². The molecule has 1 N–H and O–H groups in total. The van der Waals surface area contributed by atoms with Crippen LogP contribution in [0.5, 0.6) is 0 Å². The number of nitrogens with zero attached hydrogens (tertiary/aromatic N) is 1. The van der Waals surface area contributed by atoms with Gasteiger partial charge in [-0.15, -0.1) is 11.3 Å². The van der Waals surface area contributed by atoms with E-state index in [1.165, 1.54) is 29.7 Å². The van der Waals surface area contributed by atoms with E-state index in [2.05, 4.69) is 12.2 Å². The van der Waals surface area contributed by atoms with Crippen molar-refractivity contribution in [1.29, 1.82) is 0 Å². The van der Waals surface area contributed by atoms with Crippen LogP contribution in [-0.2, 0) is 21.4 Å². The van der Waals surface area contributed by atoms with Gasteiger partial charge in [0.25, 0.3) is 10.0 Å². The number of hydrogen-bond donors (Lipinski definition) is 1. The van der Waals surface area contributed by atoms with Gasteiger partial charge in [0.05, 0.1) is 12.3 Å². The molecule has 0 fully saturated rings. The summed E-state index contributed by atoms with van der Waals surface area (Å²) in [7, 11) is -0.374. The lowest BCUT2D eigenvalue weighted by Crippen LogP contribution is -2.24. The second-order valence-electron chi connectivity index (χ2n) is 4.34. The Labute approximate surface area is 128 Å². The van der Waals surface area contributed by atoms with Crippen molar-refractivity contribution in [2.45, 2.75) is 24.1 Å². The first-order valence-corrected chi connectivity index (χ1v) is 9.64. The first-order valence-electron chi connectivity index (χ1n) is 6.23. The molecule has 5 nitrogen and oxygen atoms in total. The smallest absolute Gasteiger partial charge is 0.252 e. The third kappa shape index (κ3) is 5.08. The molecule has 1 amide bonds. The molecule has 1 aromatic heterocycles. The molecule has 1 rings (SSSR count). The zero-order valence-electron chi connectivity index (χ0n) is 11.9. The van der Waals surface area contributed by atoms with Crippen molar-refractivity contribution in [3.05, 3.63) is 17.0 Å². The Balaban J connectivity index is 2.51. The Morgan fingerprint density at radius 2 is 2.10 bits per heavy atom. The maximum absolute atomic E-state index is 11.9. The highest BCUT2D eigenvalue weighted by molar-refractivity contribution is 7.99. The van der Waals surface area contributed by atoms with Crippen LogP contribution in [0.25, 0.3) is 0 Å². The number of carbonyl (C=O) groups excluding carboxylic acids is 1. The lowest BCUT2D eigenvalue weighted by molar-refractivity contribution is -0.118. The molecule has 1 aromatic rings. The van der Waals surface area contributed by atoms with Gasteiger partial charge in [-0.25, -0.2) is 12.7 Å². The van der Waals surface area contributed by atoms with Gasteiger partial charge in [0.2, 0.25) is 5.91 Å². The number of carbonyl (C=O) groups is 1. The van der Waals surface area contributed by atoms with E-state index in [1.807, 2.05) is 0 Å². The molecule has 0 radical (unpaired) electrons. The average Bonchev–Trinajstić information content (AvgIpc) is 2.86. The number of thiophene rings is 1. The van der Waals surface area contributed by atoms with Crippen LogP contribution in [0.2, 0.25) is 0 Å². The van der Waals surface area contributed by atoms with Crippen molar-refractivity contribution >= 4 is 39.0 Å². The van der Waals surface area contributed by atoms with E-state index in [4.69, 9.17) is 0 Å². The molecule has 0 aliphatic rings. The fourth-order valence-corrected chi connectivity index (χ4v) is 4.50. The first kappa shape index (κ1) is 17.5. The van der Waals surface area contributed by atoms with Gasteiger partial charge < -0.3 is 5.32 Å². The third-order valence-electron chi connectivity index (χ3n) is 2.41. The Morgan fingerprint density at radius 3 is 2.70 bits per heavy atom. The Morgan fingerprint density at radius 1 is 1.40 bits per heavy atom. The summed E-state index contributed by atoms with van der Waals surface area (Å²) in [6, 6.07) is 3.31. The van der Waals surface area contributed by atoms with Crippen LogP contribution in [0.15, 0.2) is 16.3 Å². The molecule has 1 heterocycles. The fourth-order valence-electron chi connectivity index (χ4n) is 1.32. The van der Waals surface area contributed by atoms with E-state index in [0.29, 0.717) is 16.5 Å². The summed E-state index contributed by atoms with van der Waals surface area (Å²) in [5.41, 5.74) is 0. The van der Waals surface area contributed by atoms with Crippen LogP contribution in [0.4, 0.5) is 0 Å². The number of nitrogens with one attached hydrogen (secondary N) is 1. The summed E-state index contributed by atoms with van der Waals surface area (Å²) >= 11 is 2.79. The van der Waals surface area contributed by atoms with Crippen LogP contribution in [-0.4, -0.2) is 44.2 Å². The third-order valence-corrected chi connectivity index (χ3v) is 6.94. The molecule has 0 saturated heterocycles. The van der Waals surface area contributed by atoms with Crippen LogP contribution in [0.3, 0.4) is 0 Å². The van der Waals surface area contributed by atoms with Gasteiger partial charge in [0, 0.05) is 19.0 Å². The number of sulfonamides is 1. The van der Waals surface area contributed by atoms with Gasteiger partial charge >= 0.3 is 0 Å². The quantitative estimate of drug-likeness (QED) is 0.735. The molecule has 0 atom stereocenters. The van der Waals surface area contributed by atoms with Crippen molar-refractivity contribution in [3.8, 4) is 0 Å². The molecule has 0 spiro atoms. The second kappa shape index (κ2) is 8.02. The van der Waals surface area contributed by atoms with E-state index in [0.717, 1.165) is 17.1 Å². The van der Waals surface area contributed by atoms with E-state index >= 15 is 0 Å². The molecular formula is C12H20N2O3S3. The fraction of sp³-hybridized carbons (Fsp3) is 0.583. The number of amides is 1. The lowest BCUT2D eigenvalue weighted by Gasteiger charge is -2.08. The predicted molar refractivity (Wildman–Crippen MR) is 84.7 cm³/mol. The normalized spacial score (nSPS) is 11.8. The first-order chi connectivity index (χ1) is 9.37. The van der Waals surface area contributed by atoms with Crippen LogP contribution in [0.1, 0.15) is 18.2 Å². The largest absolute Gasteiger partial charge is 0.350 e. The van der Waals surface area contributed by atoms with Crippen LogP contribution in [0, 0.1) is 0 Å². The van der Waals surface area contributed by atoms with E-state index in [9.17, 15) is 13.2 Å². The van der Waals surface area contributed by atoms with Crippen LogP contribution >= 0.6 is 23.1 Å². The average molecular weight is 337 g/mol. The number of hydrogen-bond acceptors (Lipinski definition) is 5. The van der Waals surface area contributed by atoms with E-state index in [-0.39, 0.29) is 5.91 Å². The molecule has 0 aromatic carbocycles. The highest BCUT2D eigenvalue weighted by Gasteiger charge is 2.19. The highest BCUT2D eigenvalue weighted by Crippen LogP contribution is 2.23. The summed E-state index contributed by atoms with van der Waals surface area (Å²) in [5.74, 6) is 1.40. The molecule has 8 heteroatoms. The molecule has 0 aliphatic heterocycles. The maximum Gasteiger partial charge on any atom is 0.252 e. The summed E-state index contributed by atoms with van der Waals surface area (Å²) in [6.45, 7) is 2.45. The Bertz CT molecular complexity index is 538. The maximum atomic E-state index is 11.9. The molecule has 114 valence electrons. The molecule has 0 saturated carbocycles. The SMILES string of the molecule is CCCSCC(=O)NCc1ccc(S(=O)(=O)N(C)C)s1. The number of rotatable bonds is 8. The van der Waals surface area contributed by atoms with Gasteiger partial charge in [0.1, 0.15) is 4.21 Å². The van der Waals surface area contributed by atoms with Crippen LogP contribution < -0.4 is 5.32 Å². The number of thioether (sulfide) groups is 1. The van der Waals surface area contributed by atoms with Gasteiger partial charge in [-0.1, -0.05) is 6.92 Å². The Kier molecular flexibility index (Phi) is 7.01. The van der Waals surface area contributed by atoms with Crippen molar-refractivity contribution in [3.63, 3.8) is 0 Å². The van der Waals surface area contributed by atoms with Crippen molar-refractivity contribution in [2.24, 2.45) is 0 Å². The van der Waals surface area contributed by atoms with E-state index < -0.39 is 10.0 Å². The van der Waals surface area contributed by atoms with Crippen molar-refractivity contribution in [2.75, 3.05) is 25.6 Å². The highest BCUT2D eigenvalue weighted by atomic mass is 32.2. The molecule has 0 aliphatic carbocycles. The summed E-state index contributed by atoms with van der Waals surface area (Å²) in [5, 5.41) is 2.79. The van der Waals surface area contributed by atoms with Gasteiger partial charge in [-0.05, 0) is 24.3 Å². The molecule has 0 unspecified atom stereocenters. The summed E-state index contributed by atoms with van der Waals surface area (Å²) in [4.78, 5) is 12.4. The summed E-state index contributed by atoms with van der Waals surface area (Å²) < 4.78 is 25.3. The van der Waals surface area contributed by atoms with E-state index in [1.54, 1.807) is 23.9 Å². The second-order valence-corrected chi connectivity index (χ2v) is 8.99. The topological polar surface area (TPSA) is 66.5 Å². The van der Waals surface area contributed by atoms with Gasteiger partial charge in [-0.2, -0.15) is 11.8 Å². The standard InChI is InChI=1S/C12H20N2O3S3/c1-4-7-18-9-11(15)13-8-10-5-6-12(19-10)20(16,17)14(2)3/h5-6H,4,7-9H2,1-3H3,(H,13,15). The predicted octanol–water partition coefficient (Wildman–Crippen LogP) is 1.76. The zero-order chi connectivity index (χ0) is 15.2. The molecular weight excluding hydrogens is 316 g/mol. The minimum absolute atomic E-state index is 0.0196. The zero-order valence-corrected chi connectivity index (χ0v) is 14.3. The summed E-state index contributed by atoms with van der Waals surface area (Å²) in [6.07, 6.45) is 1.05. The monoisotopic (exact) mass is 336 g/mol. The lowest BCUT2D eigenvalue weighted by atomic mass is 10.4. The minimum atomic E-state index is -3.38. The Hall–Kier alpha value is -0.570. The molecule has 20 heavy (non-hydrogen) atoms. The van der Waals surface area contributed by atoms with Crippen molar-refractivity contribution in [1.82, 2.24) is 9.62 Å².